The largest absolute Gasteiger partial charge is 0.382 e. The maximum atomic E-state index is 13.0. The van der Waals surface area contributed by atoms with Crippen LogP contribution in [0.3, 0.4) is 0 Å². The first-order valence-electron chi connectivity index (χ1n) is 5.81. The van der Waals surface area contributed by atoms with Crippen LogP contribution in [0.15, 0.2) is 24.3 Å². The molecule has 1 aliphatic rings. The Morgan fingerprint density at radius 3 is 2.56 bits per heavy atom. The lowest BCUT2D eigenvalue weighted by Gasteiger charge is -2.33. The van der Waals surface area contributed by atoms with Gasteiger partial charge in [-0.2, -0.15) is 0 Å². The van der Waals surface area contributed by atoms with Gasteiger partial charge in [-0.25, -0.2) is 4.39 Å². The van der Waals surface area contributed by atoms with Crippen molar-refractivity contribution in [2.75, 3.05) is 5.32 Å². The number of nitrogens with one attached hydrogen (secondary N) is 1. The lowest BCUT2D eigenvalue weighted by Crippen LogP contribution is -2.36. The molecule has 0 spiro atoms. The van der Waals surface area contributed by atoms with E-state index in [1.54, 1.807) is 6.07 Å². The molecule has 1 N–H and O–H groups in total. The van der Waals surface area contributed by atoms with Crippen molar-refractivity contribution in [1.29, 1.82) is 0 Å². The quantitative estimate of drug-likeness (QED) is 0.831. The highest BCUT2D eigenvalue weighted by Gasteiger charge is 2.24. The van der Waals surface area contributed by atoms with E-state index < -0.39 is 0 Å². The van der Waals surface area contributed by atoms with Crippen molar-refractivity contribution in [1.82, 2.24) is 0 Å². The number of anilines is 1. The second-order valence-corrected chi connectivity index (χ2v) is 4.58. The van der Waals surface area contributed by atoms with Crippen molar-refractivity contribution >= 4 is 5.69 Å². The Morgan fingerprint density at radius 2 is 1.94 bits per heavy atom. The van der Waals surface area contributed by atoms with Crippen LogP contribution in [0.4, 0.5) is 10.1 Å². The predicted molar refractivity (Wildman–Crippen MR) is 63.1 cm³/mol. The first-order chi connectivity index (χ1) is 7.63. The number of hydrogen-bond acceptors (Lipinski definition) is 2. The third-order valence-corrected chi connectivity index (χ3v) is 2.89. The van der Waals surface area contributed by atoms with Crippen LogP contribution >= 0.6 is 0 Å². The standard InChI is InChI=1S/C13H18FNO/c1-9-6-13(7-10(2)16-9)15-12-5-3-4-11(14)8-12/h3-5,8-10,13,15H,6-7H2,1-2H3. The molecule has 1 aromatic rings. The molecule has 0 amide bonds. The van der Waals surface area contributed by atoms with Crippen LogP contribution in [-0.2, 0) is 4.74 Å². The summed E-state index contributed by atoms with van der Waals surface area (Å²) in [6, 6.07) is 6.99. The second kappa shape index (κ2) is 4.83. The number of halogens is 1. The summed E-state index contributed by atoms with van der Waals surface area (Å²) in [7, 11) is 0. The van der Waals surface area contributed by atoms with Gasteiger partial charge in [-0.15, -0.1) is 0 Å². The third-order valence-electron chi connectivity index (χ3n) is 2.89. The molecule has 88 valence electrons. The van der Waals surface area contributed by atoms with Crippen LogP contribution in [0.2, 0.25) is 0 Å². The summed E-state index contributed by atoms with van der Waals surface area (Å²) in [5, 5.41) is 3.36. The molecule has 1 saturated heterocycles. The van der Waals surface area contributed by atoms with Gasteiger partial charge < -0.3 is 10.1 Å². The fourth-order valence-electron chi connectivity index (χ4n) is 2.34. The number of benzene rings is 1. The molecule has 1 aromatic carbocycles. The molecule has 0 bridgehead atoms. The summed E-state index contributed by atoms with van der Waals surface area (Å²) in [6.45, 7) is 4.16. The molecule has 2 nitrogen and oxygen atoms in total. The third kappa shape index (κ3) is 2.95. The van der Waals surface area contributed by atoms with Gasteiger partial charge in [0, 0.05) is 11.7 Å². The van der Waals surface area contributed by atoms with E-state index in [0.717, 1.165) is 18.5 Å². The van der Waals surface area contributed by atoms with Gasteiger partial charge in [0.25, 0.3) is 0 Å². The highest BCUT2D eigenvalue weighted by atomic mass is 19.1. The lowest BCUT2D eigenvalue weighted by molar-refractivity contribution is -0.0337. The number of ether oxygens (including phenoxy) is 1. The van der Waals surface area contributed by atoms with Crippen LogP contribution in [0, 0.1) is 5.82 Å². The van der Waals surface area contributed by atoms with E-state index in [1.807, 2.05) is 6.07 Å². The van der Waals surface area contributed by atoms with Crippen LogP contribution in [0.1, 0.15) is 26.7 Å². The molecule has 16 heavy (non-hydrogen) atoms. The SMILES string of the molecule is CC1CC(Nc2cccc(F)c2)CC(C)O1. The minimum atomic E-state index is -0.196. The van der Waals surface area contributed by atoms with E-state index in [-0.39, 0.29) is 18.0 Å². The van der Waals surface area contributed by atoms with Gasteiger partial charge in [0.2, 0.25) is 0 Å². The molecule has 3 heteroatoms. The van der Waals surface area contributed by atoms with Crippen LogP contribution in [0.25, 0.3) is 0 Å². The summed E-state index contributed by atoms with van der Waals surface area (Å²) in [5.41, 5.74) is 0.853. The van der Waals surface area contributed by atoms with Gasteiger partial charge in [0.1, 0.15) is 5.82 Å². The van der Waals surface area contributed by atoms with Crippen LogP contribution < -0.4 is 5.32 Å². The molecular weight excluding hydrogens is 205 g/mol. The maximum absolute atomic E-state index is 13.0. The van der Waals surface area contributed by atoms with E-state index in [0.29, 0.717) is 6.04 Å². The van der Waals surface area contributed by atoms with Gasteiger partial charge in [0.05, 0.1) is 12.2 Å². The van der Waals surface area contributed by atoms with E-state index in [1.165, 1.54) is 12.1 Å². The van der Waals surface area contributed by atoms with Gasteiger partial charge in [-0.05, 0) is 44.9 Å². The minimum absolute atomic E-state index is 0.196. The van der Waals surface area contributed by atoms with Gasteiger partial charge in [0.15, 0.2) is 0 Å². The molecule has 0 aromatic heterocycles. The van der Waals surface area contributed by atoms with Crippen molar-refractivity contribution in [2.45, 2.75) is 44.9 Å². The molecule has 1 fully saturated rings. The first-order valence-corrected chi connectivity index (χ1v) is 5.81. The molecular formula is C13H18FNO. The summed E-state index contributed by atoms with van der Waals surface area (Å²) in [6.07, 6.45) is 2.49. The van der Waals surface area contributed by atoms with Crippen molar-refractivity contribution < 1.29 is 9.13 Å². The monoisotopic (exact) mass is 223 g/mol. The summed E-state index contributed by atoms with van der Waals surface area (Å²) < 4.78 is 18.7. The molecule has 0 saturated carbocycles. The summed E-state index contributed by atoms with van der Waals surface area (Å²) in [5.74, 6) is -0.196. The van der Waals surface area contributed by atoms with Crippen molar-refractivity contribution in [3.63, 3.8) is 0 Å². The zero-order chi connectivity index (χ0) is 11.5. The second-order valence-electron chi connectivity index (χ2n) is 4.58. The van der Waals surface area contributed by atoms with Gasteiger partial charge >= 0.3 is 0 Å². The highest BCUT2D eigenvalue weighted by Crippen LogP contribution is 2.22. The Labute approximate surface area is 95.8 Å². The van der Waals surface area contributed by atoms with Gasteiger partial charge in [-0.1, -0.05) is 6.07 Å². The zero-order valence-corrected chi connectivity index (χ0v) is 9.74. The average molecular weight is 223 g/mol. The molecule has 2 unspecified atom stereocenters. The minimum Gasteiger partial charge on any atom is -0.382 e. The fraction of sp³-hybridized carbons (Fsp3) is 0.538. The van der Waals surface area contributed by atoms with Gasteiger partial charge in [-0.3, -0.25) is 0 Å². The molecule has 2 atom stereocenters. The molecule has 2 rings (SSSR count). The van der Waals surface area contributed by atoms with E-state index in [2.05, 4.69) is 19.2 Å². The van der Waals surface area contributed by atoms with Crippen LogP contribution in [-0.4, -0.2) is 18.2 Å². The molecule has 1 aliphatic heterocycles. The summed E-state index contributed by atoms with van der Waals surface area (Å²) >= 11 is 0. The Morgan fingerprint density at radius 1 is 1.25 bits per heavy atom. The zero-order valence-electron chi connectivity index (χ0n) is 9.74. The number of hydrogen-bond donors (Lipinski definition) is 1. The van der Waals surface area contributed by atoms with Crippen molar-refractivity contribution in [3.05, 3.63) is 30.1 Å². The molecule has 1 heterocycles. The smallest absolute Gasteiger partial charge is 0.125 e. The Kier molecular flexibility index (Phi) is 3.44. The van der Waals surface area contributed by atoms with E-state index in [9.17, 15) is 4.39 Å². The Hall–Kier alpha value is -1.09. The van der Waals surface area contributed by atoms with E-state index in [4.69, 9.17) is 4.74 Å². The summed E-state index contributed by atoms with van der Waals surface area (Å²) in [4.78, 5) is 0. The lowest BCUT2D eigenvalue weighted by atomic mass is 9.99. The maximum Gasteiger partial charge on any atom is 0.125 e. The van der Waals surface area contributed by atoms with Crippen molar-refractivity contribution in [3.8, 4) is 0 Å². The Bertz CT molecular complexity index is 346. The molecule has 0 aliphatic carbocycles. The van der Waals surface area contributed by atoms with Crippen LogP contribution in [0.5, 0.6) is 0 Å². The molecule has 0 radical (unpaired) electrons. The first kappa shape index (κ1) is 11.4. The van der Waals surface area contributed by atoms with E-state index >= 15 is 0 Å². The Balaban J connectivity index is 1.98. The normalized spacial score (nSPS) is 30.1. The average Bonchev–Trinajstić information content (AvgIpc) is 2.15. The predicted octanol–water partition coefficient (Wildman–Crippen LogP) is 3.19. The highest BCUT2D eigenvalue weighted by molar-refractivity contribution is 5.44. The number of rotatable bonds is 2. The topological polar surface area (TPSA) is 21.3 Å². The van der Waals surface area contributed by atoms with Crippen molar-refractivity contribution in [2.24, 2.45) is 0 Å². The fourth-order valence-corrected chi connectivity index (χ4v) is 2.34.